The fourth-order valence-corrected chi connectivity index (χ4v) is 3.02. The van der Waals surface area contributed by atoms with Gasteiger partial charge in [-0.25, -0.2) is 4.98 Å². The monoisotopic (exact) mass is 373 g/mol. The van der Waals surface area contributed by atoms with Gasteiger partial charge < -0.3 is 10.6 Å². The molecule has 7 heteroatoms. The Morgan fingerprint density at radius 2 is 1.96 bits per heavy atom. The summed E-state index contributed by atoms with van der Waals surface area (Å²) in [7, 11) is 1.81. The number of thiazole rings is 1. The van der Waals surface area contributed by atoms with Crippen LogP contribution in [0.1, 0.15) is 40.8 Å². The second kappa shape index (κ2) is 8.64. The van der Waals surface area contributed by atoms with Gasteiger partial charge in [-0.1, -0.05) is 30.7 Å². The van der Waals surface area contributed by atoms with Gasteiger partial charge in [0.05, 0.1) is 0 Å². The molecule has 0 fully saturated rings. The molecule has 0 aliphatic rings. The molecular formula is C16H21Cl2N3OS. The number of amides is 1. The minimum absolute atomic E-state index is 0. The molecule has 23 heavy (non-hydrogen) atoms. The van der Waals surface area contributed by atoms with Crippen LogP contribution in [0.25, 0.3) is 0 Å². The molecule has 1 aromatic heterocycles. The van der Waals surface area contributed by atoms with Gasteiger partial charge in [0.15, 0.2) is 0 Å². The lowest BCUT2D eigenvalue weighted by atomic mass is 9.93. The number of carbonyl (C=O) groups is 1. The van der Waals surface area contributed by atoms with Gasteiger partial charge in [-0.15, -0.1) is 23.7 Å². The Bertz CT molecular complexity index is 645. The lowest BCUT2D eigenvalue weighted by molar-refractivity contribution is 0.0721. The number of aromatic nitrogens is 1. The molecule has 4 nitrogen and oxygen atoms in total. The molecule has 2 unspecified atom stereocenters. The van der Waals surface area contributed by atoms with E-state index in [4.69, 9.17) is 17.3 Å². The van der Waals surface area contributed by atoms with Crippen LogP contribution in [-0.2, 0) is 6.54 Å². The molecule has 2 atom stereocenters. The summed E-state index contributed by atoms with van der Waals surface area (Å²) in [5, 5.41) is 3.25. The number of benzene rings is 1. The normalized spacial score (nSPS) is 13.1. The smallest absolute Gasteiger partial charge is 0.273 e. The summed E-state index contributed by atoms with van der Waals surface area (Å²) in [5.74, 6) is 0.114. The van der Waals surface area contributed by atoms with Crippen LogP contribution in [0.2, 0.25) is 5.02 Å². The van der Waals surface area contributed by atoms with Crippen molar-refractivity contribution in [3.63, 3.8) is 0 Å². The minimum Gasteiger partial charge on any atom is -0.337 e. The number of hydrogen-bond acceptors (Lipinski definition) is 4. The molecule has 0 saturated carbocycles. The lowest BCUT2D eigenvalue weighted by Gasteiger charge is -2.29. The first-order chi connectivity index (χ1) is 10.4. The molecule has 0 radical (unpaired) electrons. The number of rotatable bonds is 5. The Labute approximate surface area is 152 Å². The average molecular weight is 374 g/mol. The third-order valence-electron chi connectivity index (χ3n) is 4.00. The lowest BCUT2D eigenvalue weighted by Crippen LogP contribution is -2.38. The van der Waals surface area contributed by atoms with Crippen LogP contribution in [-0.4, -0.2) is 28.9 Å². The summed E-state index contributed by atoms with van der Waals surface area (Å²) >= 11 is 7.34. The van der Waals surface area contributed by atoms with E-state index in [1.807, 2.05) is 31.2 Å². The van der Waals surface area contributed by atoms with Crippen molar-refractivity contribution in [1.82, 2.24) is 9.88 Å². The fraction of sp³-hybridized carbons (Fsp3) is 0.375. The molecule has 0 aliphatic carbocycles. The molecule has 1 aromatic carbocycles. The number of nitrogens with two attached hydrogens (primary N) is 1. The second-order valence-corrected chi connectivity index (χ2v) is 6.71. The van der Waals surface area contributed by atoms with Crippen molar-refractivity contribution in [1.29, 1.82) is 0 Å². The fourth-order valence-electron chi connectivity index (χ4n) is 2.25. The van der Waals surface area contributed by atoms with E-state index in [1.54, 1.807) is 17.3 Å². The summed E-state index contributed by atoms with van der Waals surface area (Å²) in [4.78, 5) is 18.5. The Balaban J connectivity index is 0.00000264. The van der Waals surface area contributed by atoms with E-state index in [-0.39, 0.29) is 30.3 Å². The van der Waals surface area contributed by atoms with E-state index >= 15 is 0 Å². The second-order valence-electron chi connectivity index (χ2n) is 5.33. The zero-order valence-electron chi connectivity index (χ0n) is 13.3. The Hall–Kier alpha value is -1.14. The Morgan fingerprint density at radius 1 is 1.35 bits per heavy atom. The highest BCUT2D eigenvalue weighted by Crippen LogP contribution is 2.25. The first kappa shape index (κ1) is 19.9. The average Bonchev–Trinajstić information content (AvgIpc) is 3.01. The third kappa shape index (κ3) is 4.67. The molecule has 0 aliphatic heterocycles. The van der Waals surface area contributed by atoms with Crippen molar-refractivity contribution in [2.24, 2.45) is 5.73 Å². The number of hydrogen-bond donors (Lipinski definition) is 1. The molecule has 2 aromatic rings. The Kier molecular flexibility index (Phi) is 7.48. The highest BCUT2D eigenvalue weighted by Gasteiger charge is 2.24. The van der Waals surface area contributed by atoms with Crippen LogP contribution in [0.5, 0.6) is 0 Å². The number of carbonyl (C=O) groups excluding carboxylic acids is 1. The molecular weight excluding hydrogens is 353 g/mol. The maximum Gasteiger partial charge on any atom is 0.273 e. The van der Waals surface area contributed by atoms with Crippen molar-refractivity contribution in [2.45, 2.75) is 32.4 Å². The van der Waals surface area contributed by atoms with Crippen molar-refractivity contribution in [2.75, 3.05) is 7.05 Å². The molecule has 0 bridgehead atoms. The molecule has 126 valence electrons. The molecule has 1 amide bonds. The van der Waals surface area contributed by atoms with Crippen molar-refractivity contribution >= 4 is 41.3 Å². The minimum atomic E-state index is -0.0794. The van der Waals surface area contributed by atoms with Gasteiger partial charge in [0.1, 0.15) is 10.7 Å². The van der Waals surface area contributed by atoms with Crippen LogP contribution < -0.4 is 5.73 Å². The Morgan fingerprint density at radius 3 is 2.48 bits per heavy atom. The third-order valence-corrected chi connectivity index (χ3v) is 5.12. The van der Waals surface area contributed by atoms with Crippen LogP contribution >= 0.6 is 35.3 Å². The molecule has 2 N–H and O–H groups in total. The van der Waals surface area contributed by atoms with Gasteiger partial charge in [0, 0.05) is 36.0 Å². The van der Waals surface area contributed by atoms with Gasteiger partial charge in [0.2, 0.25) is 0 Å². The number of likely N-dealkylation sites (N-methyl/N-ethyl adjacent to an activating group) is 1. The van der Waals surface area contributed by atoms with E-state index in [0.29, 0.717) is 17.3 Å². The van der Waals surface area contributed by atoms with Gasteiger partial charge in [0.25, 0.3) is 5.91 Å². The highest BCUT2D eigenvalue weighted by molar-refractivity contribution is 7.09. The van der Waals surface area contributed by atoms with Crippen LogP contribution in [0, 0.1) is 0 Å². The summed E-state index contributed by atoms with van der Waals surface area (Å²) in [6, 6.07) is 7.77. The molecule has 0 spiro atoms. The first-order valence-electron chi connectivity index (χ1n) is 7.11. The molecule has 1 heterocycles. The van der Waals surface area contributed by atoms with Crippen LogP contribution in [0.15, 0.2) is 29.6 Å². The van der Waals surface area contributed by atoms with E-state index in [2.05, 4.69) is 11.9 Å². The van der Waals surface area contributed by atoms with Gasteiger partial charge in [-0.05, 0) is 24.6 Å². The summed E-state index contributed by atoms with van der Waals surface area (Å²) in [6.07, 6.45) is 0. The van der Waals surface area contributed by atoms with E-state index < -0.39 is 0 Å². The predicted molar refractivity (Wildman–Crippen MR) is 98.7 cm³/mol. The maximum absolute atomic E-state index is 12.5. The van der Waals surface area contributed by atoms with Crippen molar-refractivity contribution in [3.05, 3.63) is 50.9 Å². The quantitative estimate of drug-likeness (QED) is 0.862. The van der Waals surface area contributed by atoms with Gasteiger partial charge in [-0.3, -0.25) is 4.79 Å². The van der Waals surface area contributed by atoms with E-state index in [0.717, 1.165) is 10.6 Å². The highest BCUT2D eigenvalue weighted by atomic mass is 35.5. The van der Waals surface area contributed by atoms with Crippen LogP contribution in [0.3, 0.4) is 0 Å². The summed E-state index contributed by atoms with van der Waals surface area (Å²) in [5.41, 5.74) is 7.16. The van der Waals surface area contributed by atoms with Crippen molar-refractivity contribution < 1.29 is 4.79 Å². The van der Waals surface area contributed by atoms with Gasteiger partial charge >= 0.3 is 0 Å². The van der Waals surface area contributed by atoms with E-state index in [1.165, 1.54) is 11.3 Å². The molecule has 0 saturated heterocycles. The SMILES string of the molecule is CC(c1ccc(Cl)cc1)C(C)N(C)C(=O)c1csc(CN)n1.Cl. The zero-order chi connectivity index (χ0) is 16.3. The number of nitrogens with zero attached hydrogens (tertiary/aromatic N) is 2. The first-order valence-corrected chi connectivity index (χ1v) is 8.37. The predicted octanol–water partition coefficient (Wildman–Crippen LogP) is 3.94. The largest absolute Gasteiger partial charge is 0.337 e. The maximum atomic E-state index is 12.5. The van der Waals surface area contributed by atoms with Crippen LogP contribution in [0.4, 0.5) is 0 Å². The van der Waals surface area contributed by atoms with Gasteiger partial charge in [-0.2, -0.15) is 0 Å². The standard InChI is InChI=1S/C16H20ClN3OS.ClH/c1-10(12-4-6-13(17)7-5-12)11(2)20(3)16(21)14-9-22-15(8-18)19-14;/h4-7,9-11H,8,18H2,1-3H3;1H. The zero-order valence-corrected chi connectivity index (χ0v) is 15.7. The summed E-state index contributed by atoms with van der Waals surface area (Å²) < 4.78 is 0. The van der Waals surface area contributed by atoms with Crippen molar-refractivity contribution in [3.8, 4) is 0 Å². The topological polar surface area (TPSA) is 59.2 Å². The summed E-state index contributed by atoms with van der Waals surface area (Å²) in [6.45, 7) is 4.50. The molecule has 2 rings (SSSR count). The number of halogens is 2. The van der Waals surface area contributed by atoms with E-state index in [9.17, 15) is 4.79 Å².